The molecule has 2 N–H and O–H groups in total. The molecule has 2 aromatic rings. The summed E-state index contributed by atoms with van der Waals surface area (Å²) in [6, 6.07) is 13.6. The van der Waals surface area contributed by atoms with Gasteiger partial charge < -0.3 is 10.4 Å². The fraction of sp³-hybridized carbons (Fsp3) is 0.118. The predicted molar refractivity (Wildman–Crippen MR) is 84.0 cm³/mol. The van der Waals surface area contributed by atoms with Crippen molar-refractivity contribution < 1.29 is 9.90 Å². The van der Waals surface area contributed by atoms with Gasteiger partial charge in [-0.3, -0.25) is 4.79 Å². The van der Waals surface area contributed by atoms with Crippen LogP contribution < -0.4 is 5.32 Å². The predicted octanol–water partition coefficient (Wildman–Crippen LogP) is 3.17. The van der Waals surface area contributed by atoms with Crippen molar-refractivity contribution in [1.82, 2.24) is 0 Å². The molecule has 0 aliphatic rings. The lowest BCUT2D eigenvalue weighted by atomic mass is 9.86. The van der Waals surface area contributed by atoms with E-state index in [2.05, 4.69) is 11.2 Å². The molecule has 1 unspecified atom stereocenters. The molecule has 2 rings (SSSR count). The molecule has 21 heavy (non-hydrogen) atoms. The number of carbonyl (C=O) groups excluding carboxylic acids is 1. The van der Waals surface area contributed by atoms with Gasteiger partial charge in [0.1, 0.15) is 0 Å². The van der Waals surface area contributed by atoms with Gasteiger partial charge in [0.2, 0.25) is 5.91 Å². The first-order chi connectivity index (χ1) is 9.99. The Bertz CT molecular complexity index is 721. The van der Waals surface area contributed by atoms with Crippen molar-refractivity contribution >= 4 is 23.2 Å². The summed E-state index contributed by atoms with van der Waals surface area (Å²) in [7, 11) is 0. The van der Waals surface area contributed by atoms with Crippen LogP contribution in [0, 0.1) is 12.3 Å². The van der Waals surface area contributed by atoms with Gasteiger partial charge in [0.15, 0.2) is 5.60 Å². The molecule has 1 atom stereocenters. The van der Waals surface area contributed by atoms with Crippen molar-refractivity contribution in [3.63, 3.8) is 0 Å². The minimum absolute atomic E-state index is 0.249. The third kappa shape index (κ3) is 2.92. The Morgan fingerprint density at radius 1 is 1.19 bits per heavy atom. The number of para-hydroxylation sites is 1. The Hall–Kier alpha value is -2.28. The van der Waals surface area contributed by atoms with E-state index in [9.17, 15) is 9.90 Å². The van der Waals surface area contributed by atoms with Crippen LogP contribution >= 0.6 is 11.6 Å². The second-order valence-electron chi connectivity index (χ2n) is 4.56. The van der Waals surface area contributed by atoms with Gasteiger partial charge in [-0.25, -0.2) is 0 Å². The summed E-state index contributed by atoms with van der Waals surface area (Å²) in [6.07, 6.45) is 5.57. The largest absolute Gasteiger partial charge is 0.369 e. The summed E-state index contributed by atoms with van der Waals surface area (Å²) in [5.74, 6) is 2.14. The van der Waals surface area contributed by atoms with Gasteiger partial charge in [0.25, 0.3) is 0 Å². The third-order valence-corrected chi connectivity index (χ3v) is 3.43. The van der Waals surface area contributed by atoms with Gasteiger partial charge in [-0.15, -0.1) is 6.42 Å². The number of amides is 1. The van der Waals surface area contributed by atoms with Gasteiger partial charge in [0.05, 0.1) is 0 Å². The van der Waals surface area contributed by atoms with Crippen molar-refractivity contribution in [1.29, 1.82) is 0 Å². The smallest absolute Gasteiger partial charge is 0.221 e. The lowest BCUT2D eigenvalue weighted by molar-refractivity contribution is -0.114. The molecule has 2 aromatic carbocycles. The normalized spacial score (nSPS) is 13.0. The topological polar surface area (TPSA) is 49.3 Å². The van der Waals surface area contributed by atoms with Gasteiger partial charge in [0, 0.05) is 28.8 Å². The molecule has 0 aromatic heterocycles. The molecule has 4 heteroatoms. The van der Waals surface area contributed by atoms with Crippen LogP contribution in [-0.4, -0.2) is 11.0 Å². The van der Waals surface area contributed by atoms with Gasteiger partial charge in [-0.1, -0.05) is 53.9 Å². The standard InChI is InChI=1S/C17H14ClNO2/c1-3-17(21,13-8-4-6-10-15(13)18)14-9-5-7-11-16(14)19-12(2)20/h1,4-11,21H,2H3,(H,19,20). The van der Waals surface area contributed by atoms with Crippen LogP contribution in [-0.2, 0) is 10.4 Å². The van der Waals surface area contributed by atoms with E-state index in [1.165, 1.54) is 6.92 Å². The lowest BCUT2D eigenvalue weighted by Crippen LogP contribution is -2.27. The van der Waals surface area contributed by atoms with E-state index >= 15 is 0 Å². The van der Waals surface area contributed by atoms with Crippen LogP contribution in [0.4, 0.5) is 5.69 Å². The maximum Gasteiger partial charge on any atom is 0.221 e. The average Bonchev–Trinajstić information content (AvgIpc) is 2.47. The van der Waals surface area contributed by atoms with E-state index in [0.717, 1.165) is 0 Å². The first-order valence-electron chi connectivity index (χ1n) is 6.31. The molecule has 106 valence electrons. The number of hydrogen-bond acceptors (Lipinski definition) is 2. The quantitative estimate of drug-likeness (QED) is 0.855. The first kappa shape index (κ1) is 15.1. The van der Waals surface area contributed by atoms with E-state index in [1.54, 1.807) is 48.5 Å². The molecule has 3 nitrogen and oxygen atoms in total. The van der Waals surface area contributed by atoms with Crippen molar-refractivity contribution in [3.05, 3.63) is 64.7 Å². The number of rotatable bonds is 3. The highest BCUT2D eigenvalue weighted by atomic mass is 35.5. The molecule has 0 heterocycles. The van der Waals surface area contributed by atoms with Gasteiger partial charge in [-0.05, 0) is 12.1 Å². The maximum atomic E-state index is 11.3. The second kappa shape index (κ2) is 6.01. The van der Waals surface area contributed by atoms with Crippen LogP contribution in [0.2, 0.25) is 5.02 Å². The third-order valence-electron chi connectivity index (χ3n) is 3.10. The number of terminal acetylenes is 1. The molecule has 0 saturated heterocycles. The summed E-state index contributed by atoms with van der Waals surface area (Å²) < 4.78 is 0. The van der Waals surface area contributed by atoms with Crippen molar-refractivity contribution in [3.8, 4) is 12.3 Å². The Kier molecular flexibility index (Phi) is 4.32. The first-order valence-corrected chi connectivity index (χ1v) is 6.69. The Morgan fingerprint density at radius 2 is 1.76 bits per heavy atom. The molecule has 0 aliphatic heterocycles. The van der Waals surface area contributed by atoms with Gasteiger partial charge >= 0.3 is 0 Å². The summed E-state index contributed by atoms with van der Waals surface area (Å²) in [5.41, 5.74) is -0.481. The molecule has 0 radical (unpaired) electrons. The Morgan fingerprint density at radius 3 is 2.33 bits per heavy atom. The van der Waals surface area contributed by atoms with Crippen molar-refractivity contribution in [2.24, 2.45) is 0 Å². The van der Waals surface area contributed by atoms with Crippen LogP contribution in [0.25, 0.3) is 0 Å². The minimum atomic E-state index is -1.72. The number of aliphatic hydroxyl groups is 1. The molecule has 0 fully saturated rings. The highest BCUT2D eigenvalue weighted by Gasteiger charge is 2.33. The molecule has 0 spiro atoms. The minimum Gasteiger partial charge on any atom is -0.369 e. The fourth-order valence-electron chi connectivity index (χ4n) is 2.15. The molecular weight excluding hydrogens is 286 g/mol. The summed E-state index contributed by atoms with van der Waals surface area (Å²) in [6.45, 7) is 1.39. The van der Waals surface area contributed by atoms with Crippen molar-refractivity contribution in [2.75, 3.05) is 5.32 Å². The van der Waals surface area contributed by atoms with Crippen LogP contribution in [0.3, 0.4) is 0 Å². The van der Waals surface area contributed by atoms with Crippen LogP contribution in [0.1, 0.15) is 18.1 Å². The molecule has 1 amide bonds. The zero-order valence-electron chi connectivity index (χ0n) is 11.4. The number of anilines is 1. The molecule has 0 aliphatic carbocycles. The summed E-state index contributed by atoms with van der Waals surface area (Å²) >= 11 is 6.15. The van der Waals surface area contributed by atoms with E-state index in [1.807, 2.05) is 0 Å². The average molecular weight is 300 g/mol. The highest BCUT2D eigenvalue weighted by molar-refractivity contribution is 6.31. The zero-order chi connectivity index (χ0) is 15.5. The molecule has 0 bridgehead atoms. The number of hydrogen-bond donors (Lipinski definition) is 2. The van der Waals surface area contributed by atoms with Crippen molar-refractivity contribution in [2.45, 2.75) is 12.5 Å². The SMILES string of the molecule is C#CC(O)(c1ccccc1Cl)c1ccccc1NC(C)=O. The van der Waals surface area contributed by atoms with Crippen LogP contribution in [0.5, 0.6) is 0 Å². The highest BCUT2D eigenvalue weighted by Crippen LogP contribution is 2.37. The summed E-state index contributed by atoms with van der Waals surface area (Å²) in [4.78, 5) is 11.3. The van der Waals surface area contributed by atoms with E-state index < -0.39 is 5.60 Å². The van der Waals surface area contributed by atoms with E-state index in [4.69, 9.17) is 18.0 Å². The number of benzene rings is 2. The molecule has 0 saturated carbocycles. The zero-order valence-corrected chi connectivity index (χ0v) is 12.2. The van der Waals surface area contributed by atoms with Gasteiger partial charge in [-0.2, -0.15) is 0 Å². The van der Waals surface area contributed by atoms with Crippen LogP contribution in [0.15, 0.2) is 48.5 Å². The van der Waals surface area contributed by atoms with E-state index in [-0.39, 0.29) is 5.91 Å². The number of carbonyl (C=O) groups is 1. The molecular formula is C17H14ClNO2. The lowest BCUT2D eigenvalue weighted by Gasteiger charge is -2.26. The van der Waals surface area contributed by atoms with E-state index in [0.29, 0.717) is 21.8 Å². The number of nitrogens with one attached hydrogen (secondary N) is 1. The number of halogens is 1. The monoisotopic (exact) mass is 299 g/mol. The fourth-order valence-corrected chi connectivity index (χ4v) is 2.42. The second-order valence-corrected chi connectivity index (χ2v) is 4.97. The summed E-state index contributed by atoms with van der Waals surface area (Å²) in [5, 5.41) is 14.0. The Balaban J connectivity index is 2.65. The maximum absolute atomic E-state index is 11.3. The Labute approximate surface area is 128 Å².